The number of carbonyl (C=O) groups excluding carboxylic acids is 1. The number of anilines is 1. The third kappa shape index (κ3) is 3.17. The first-order valence-corrected chi connectivity index (χ1v) is 9.21. The van der Waals surface area contributed by atoms with Gasteiger partial charge in [0, 0.05) is 18.5 Å². The summed E-state index contributed by atoms with van der Waals surface area (Å²) in [5.41, 5.74) is 2.92. The second kappa shape index (κ2) is 6.68. The van der Waals surface area contributed by atoms with E-state index in [1.807, 2.05) is 4.68 Å². The average molecular weight is 352 g/mol. The van der Waals surface area contributed by atoms with E-state index in [4.69, 9.17) is 9.72 Å². The van der Waals surface area contributed by atoms with E-state index in [0.717, 1.165) is 41.3 Å². The number of amides is 1. The molecule has 1 aliphatic rings. The van der Waals surface area contributed by atoms with Gasteiger partial charge in [0.1, 0.15) is 6.10 Å². The lowest BCUT2D eigenvalue weighted by Gasteiger charge is -2.08. The summed E-state index contributed by atoms with van der Waals surface area (Å²) < 4.78 is 7.39. The minimum atomic E-state index is -0.378. The van der Waals surface area contributed by atoms with Gasteiger partial charge < -0.3 is 10.1 Å². The van der Waals surface area contributed by atoms with Crippen LogP contribution in [0.25, 0.3) is 21.9 Å². The van der Waals surface area contributed by atoms with Crippen LogP contribution in [0.4, 0.5) is 5.82 Å². The van der Waals surface area contributed by atoms with Crippen LogP contribution in [0.15, 0.2) is 24.3 Å². The number of rotatable bonds is 4. The smallest absolute Gasteiger partial charge is 0.254 e. The molecule has 1 saturated heterocycles. The van der Waals surface area contributed by atoms with Crippen molar-refractivity contribution < 1.29 is 9.53 Å². The standard InChI is InChI=1S/C20H24N4O2/c1-12(2)11-24-19-15(10-14-7-6-13(3)9-16(14)21-19)18(23-24)22-20(25)17-5-4-8-26-17/h6-7,9-10,12,17H,4-5,8,11H2,1-3H3,(H,22,23,25)/t17-/m0/s1. The number of nitrogens with zero attached hydrogens (tertiary/aromatic N) is 3. The van der Waals surface area contributed by atoms with E-state index in [-0.39, 0.29) is 12.0 Å². The Morgan fingerprint density at radius 1 is 1.38 bits per heavy atom. The highest BCUT2D eigenvalue weighted by Crippen LogP contribution is 2.27. The van der Waals surface area contributed by atoms with E-state index in [9.17, 15) is 4.79 Å². The van der Waals surface area contributed by atoms with Crippen LogP contribution >= 0.6 is 0 Å². The molecule has 1 atom stereocenters. The number of aryl methyl sites for hydroxylation is 1. The molecular formula is C20H24N4O2. The quantitative estimate of drug-likeness (QED) is 0.778. The van der Waals surface area contributed by atoms with E-state index in [0.29, 0.717) is 18.3 Å². The van der Waals surface area contributed by atoms with Crippen LogP contribution in [0.1, 0.15) is 32.3 Å². The lowest BCUT2D eigenvalue weighted by atomic mass is 10.1. The molecule has 0 spiro atoms. The third-order valence-corrected chi connectivity index (χ3v) is 4.68. The van der Waals surface area contributed by atoms with Crippen molar-refractivity contribution in [1.82, 2.24) is 14.8 Å². The van der Waals surface area contributed by atoms with Gasteiger partial charge in [-0.05, 0) is 43.4 Å². The number of fused-ring (bicyclic) bond motifs is 2. The lowest BCUT2D eigenvalue weighted by Crippen LogP contribution is -2.27. The van der Waals surface area contributed by atoms with Crippen LogP contribution in [-0.4, -0.2) is 33.4 Å². The fraction of sp³-hybridized carbons (Fsp3) is 0.450. The largest absolute Gasteiger partial charge is 0.368 e. The first-order chi connectivity index (χ1) is 12.5. The van der Waals surface area contributed by atoms with Crippen LogP contribution in [0.2, 0.25) is 0 Å². The van der Waals surface area contributed by atoms with Gasteiger partial charge in [0.05, 0.1) is 10.9 Å². The Labute approximate surface area is 152 Å². The van der Waals surface area contributed by atoms with Gasteiger partial charge in [-0.15, -0.1) is 0 Å². The highest BCUT2D eigenvalue weighted by molar-refractivity contribution is 6.03. The second-order valence-electron chi connectivity index (χ2n) is 7.47. The fourth-order valence-corrected chi connectivity index (χ4v) is 3.41. The highest BCUT2D eigenvalue weighted by Gasteiger charge is 2.25. The Hall–Kier alpha value is -2.47. The molecule has 1 fully saturated rings. The molecule has 3 heterocycles. The highest BCUT2D eigenvalue weighted by atomic mass is 16.5. The molecule has 26 heavy (non-hydrogen) atoms. The number of pyridine rings is 1. The van der Waals surface area contributed by atoms with Crippen LogP contribution in [0, 0.1) is 12.8 Å². The number of aromatic nitrogens is 3. The normalized spacial score (nSPS) is 17.5. The van der Waals surface area contributed by atoms with Gasteiger partial charge >= 0.3 is 0 Å². The minimum Gasteiger partial charge on any atom is -0.368 e. The van der Waals surface area contributed by atoms with Crippen LogP contribution in [0.5, 0.6) is 0 Å². The summed E-state index contributed by atoms with van der Waals surface area (Å²) in [5, 5.41) is 9.52. The van der Waals surface area contributed by atoms with Crippen LogP contribution in [-0.2, 0) is 16.1 Å². The molecule has 1 aromatic carbocycles. The van der Waals surface area contributed by atoms with Gasteiger partial charge in [-0.3, -0.25) is 4.79 Å². The SMILES string of the molecule is Cc1ccc2cc3c(NC(=O)[C@@H]4CCCO4)nn(CC(C)C)c3nc2c1. The van der Waals surface area contributed by atoms with Gasteiger partial charge in [-0.2, -0.15) is 5.10 Å². The zero-order valence-corrected chi connectivity index (χ0v) is 15.5. The van der Waals surface area contributed by atoms with Gasteiger partial charge in [0.25, 0.3) is 5.91 Å². The Morgan fingerprint density at radius 2 is 2.23 bits per heavy atom. The van der Waals surface area contributed by atoms with E-state index in [2.05, 4.69) is 55.5 Å². The molecule has 0 saturated carbocycles. The summed E-state index contributed by atoms with van der Waals surface area (Å²) in [6.07, 6.45) is 1.31. The summed E-state index contributed by atoms with van der Waals surface area (Å²) in [6, 6.07) is 8.26. The molecule has 1 N–H and O–H groups in total. The lowest BCUT2D eigenvalue weighted by molar-refractivity contribution is -0.124. The Balaban J connectivity index is 1.80. The number of ether oxygens (including phenoxy) is 1. The average Bonchev–Trinajstić information content (AvgIpc) is 3.22. The molecule has 0 bridgehead atoms. The first kappa shape index (κ1) is 17.0. The van der Waals surface area contributed by atoms with E-state index in [1.54, 1.807) is 0 Å². The van der Waals surface area contributed by atoms with Gasteiger partial charge in [-0.1, -0.05) is 26.0 Å². The van der Waals surface area contributed by atoms with Crippen molar-refractivity contribution in [2.24, 2.45) is 5.92 Å². The number of nitrogens with one attached hydrogen (secondary N) is 1. The van der Waals surface area contributed by atoms with Crippen LogP contribution in [0.3, 0.4) is 0 Å². The summed E-state index contributed by atoms with van der Waals surface area (Å²) in [5.74, 6) is 0.869. The Kier molecular flexibility index (Phi) is 4.36. The van der Waals surface area contributed by atoms with Crippen molar-refractivity contribution in [1.29, 1.82) is 0 Å². The van der Waals surface area contributed by atoms with Crippen molar-refractivity contribution in [2.45, 2.75) is 46.3 Å². The molecule has 0 radical (unpaired) electrons. The molecule has 1 amide bonds. The predicted octanol–water partition coefficient (Wildman–Crippen LogP) is 3.67. The molecule has 0 aliphatic carbocycles. The maximum absolute atomic E-state index is 12.5. The molecule has 6 nitrogen and oxygen atoms in total. The number of hydrogen-bond donors (Lipinski definition) is 1. The third-order valence-electron chi connectivity index (χ3n) is 4.68. The molecular weight excluding hydrogens is 328 g/mol. The zero-order valence-electron chi connectivity index (χ0n) is 15.5. The molecule has 4 rings (SSSR count). The minimum absolute atomic E-state index is 0.123. The van der Waals surface area contributed by atoms with Crippen molar-refractivity contribution in [3.63, 3.8) is 0 Å². The van der Waals surface area contributed by atoms with E-state index < -0.39 is 0 Å². The summed E-state index contributed by atoms with van der Waals surface area (Å²) >= 11 is 0. The monoisotopic (exact) mass is 352 g/mol. The van der Waals surface area contributed by atoms with Gasteiger partial charge in [-0.25, -0.2) is 9.67 Å². The Morgan fingerprint density at radius 3 is 2.96 bits per heavy atom. The topological polar surface area (TPSA) is 69.0 Å². The number of hydrogen-bond acceptors (Lipinski definition) is 4. The molecule has 0 unspecified atom stereocenters. The van der Waals surface area contributed by atoms with E-state index in [1.165, 1.54) is 5.56 Å². The predicted molar refractivity (Wildman–Crippen MR) is 102 cm³/mol. The first-order valence-electron chi connectivity index (χ1n) is 9.21. The second-order valence-corrected chi connectivity index (χ2v) is 7.47. The molecule has 1 aliphatic heterocycles. The van der Waals surface area contributed by atoms with E-state index >= 15 is 0 Å². The molecule has 136 valence electrons. The zero-order chi connectivity index (χ0) is 18.3. The van der Waals surface area contributed by atoms with Crippen molar-refractivity contribution in [3.05, 3.63) is 29.8 Å². The fourth-order valence-electron chi connectivity index (χ4n) is 3.41. The maximum Gasteiger partial charge on any atom is 0.254 e. The molecule has 3 aromatic rings. The van der Waals surface area contributed by atoms with Crippen molar-refractivity contribution in [2.75, 3.05) is 11.9 Å². The van der Waals surface area contributed by atoms with Crippen molar-refractivity contribution >= 4 is 33.7 Å². The number of carbonyl (C=O) groups is 1. The number of benzene rings is 1. The molecule has 6 heteroatoms. The van der Waals surface area contributed by atoms with Crippen molar-refractivity contribution in [3.8, 4) is 0 Å². The molecule has 2 aromatic heterocycles. The van der Waals surface area contributed by atoms with Crippen LogP contribution < -0.4 is 5.32 Å². The summed E-state index contributed by atoms with van der Waals surface area (Å²) in [4.78, 5) is 17.3. The van der Waals surface area contributed by atoms with Gasteiger partial charge in [0.15, 0.2) is 11.5 Å². The summed E-state index contributed by atoms with van der Waals surface area (Å²) in [7, 11) is 0. The maximum atomic E-state index is 12.5. The van der Waals surface area contributed by atoms with Gasteiger partial charge in [0.2, 0.25) is 0 Å². The Bertz CT molecular complexity index is 971. The summed E-state index contributed by atoms with van der Waals surface area (Å²) in [6.45, 7) is 7.74.